The van der Waals surface area contributed by atoms with Crippen LogP contribution in [-0.4, -0.2) is 0 Å². The van der Waals surface area contributed by atoms with E-state index >= 15 is 0 Å². The Kier molecular flexibility index (Phi) is 2.53. The molecular formula is C14H16. The highest BCUT2D eigenvalue weighted by molar-refractivity contribution is 5.37. The summed E-state index contributed by atoms with van der Waals surface area (Å²) >= 11 is 0. The van der Waals surface area contributed by atoms with E-state index in [2.05, 4.69) is 50.3 Å². The Morgan fingerprint density at radius 2 is 2.07 bits per heavy atom. The van der Waals surface area contributed by atoms with Crippen LogP contribution in [0.5, 0.6) is 0 Å². The number of allylic oxidation sites excluding steroid dienone is 4. The quantitative estimate of drug-likeness (QED) is 0.657. The van der Waals surface area contributed by atoms with Crippen molar-refractivity contribution in [2.24, 2.45) is 0 Å². The van der Waals surface area contributed by atoms with Crippen LogP contribution < -0.4 is 0 Å². The lowest BCUT2D eigenvalue weighted by Crippen LogP contribution is -1.91. The average molecular weight is 184 g/mol. The molecule has 0 unspecified atom stereocenters. The van der Waals surface area contributed by atoms with Crippen molar-refractivity contribution in [3.05, 3.63) is 58.7 Å². The van der Waals surface area contributed by atoms with E-state index < -0.39 is 0 Å². The fourth-order valence-corrected chi connectivity index (χ4v) is 1.90. The first kappa shape index (κ1) is 9.26. The van der Waals surface area contributed by atoms with Gasteiger partial charge < -0.3 is 0 Å². The molecule has 0 fully saturated rings. The molecule has 0 aromatic heterocycles. The van der Waals surface area contributed by atoms with Crippen LogP contribution in [0.15, 0.2) is 42.0 Å². The maximum absolute atomic E-state index is 2.30. The molecule has 0 radical (unpaired) electrons. The largest absolute Gasteiger partial charge is 0.0805 e. The van der Waals surface area contributed by atoms with Crippen LogP contribution in [0, 0.1) is 13.8 Å². The van der Waals surface area contributed by atoms with E-state index in [0.717, 1.165) is 12.8 Å². The van der Waals surface area contributed by atoms with Gasteiger partial charge in [0, 0.05) is 0 Å². The minimum Gasteiger partial charge on any atom is -0.0805 e. The third kappa shape index (κ3) is 1.95. The Hall–Kier alpha value is -1.30. The number of rotatable bonds is 2. The number of aryl methyl sites for hydroxylation is 2. The first-order chi connectivity index (χ1) is 6.75. The van der Waals surface area contributed by atoms with E-state index in [0.29, 0.717) is 0 Å². The van der Waals surface area contributed by atoms with Crippen molar-refractivity contribution in [2.75, 3.05) is 0 Å². The molecule has 0 spiro atoms. The van der Waals surface area contributed by atoms with Gasteiger partial charge in [0.2, 0.25) is 0 Å². The van der Waals surface area contributed by atoms with Crippen LogP contribution in [0.1, 0.15) is 23.1 Å². The molecule has 0 amide bonds. The summed E-state index contributed by atoms with van der Waals surface area (Å²) in [6.07, 6.45) is 8.96. The van der Waals surface area contributed by atoms with Gasteiger partial charge in [-0.3, -0.25) is 0 Å². The van der Waals surface area contributed by atoms with Crippen molar-refractivity contribution < 1.29 is 0 Å². The second kappa shape index (κ2) is 3.83. The molecule has 0 nitrogen and oxygen atoms in total. The summed E-state index contributed by atoms with van der Waals surface area (Å²) in [6, 6.07) is 6.70. The van der Waals surface area contributed by atoms with Crippen LogP contribution in [0.25, 0.3) is 0 Å². The molecule has 14 heavy (non-hydrogen) atoms. The zero-order valence-corrected chi connectivity index (χ0v) is 8.88. The van der Waals surface area contributed by atoms with Crippen molar-refractivity contribution in [3.8, 4) is 0 Å². The van der Waals surface area contributed by atoms with Crippen molar-refractivity contribution in [1.82, 2.24) is 0 Å². The van der Waals surface area contributed by atoms with E-state index in [9.17, 15) is 0 Å². The van der Waals surface area contributed by atoms with Crippen molar-refractivity contribution in [2.45, 2.75) is 26.7 Å². The lowest BCUT2D eigenvalue weighted by molar-refractivity contribution is 1.15. The monoisotopic (exact) mass is 184 g/mol. The molecular weight excluding hydrogens is 168 g/mol. The molecule has 72 valence electrons. The summed E-state index contributed by atoms with van der Waals surface area (Å²) in [5, 5.41) is 0. The number of benzene rings is 1. The fourth-order valence-electron chi connectivity index (χ4n) is 1.90. The molecule has 0 heteroatoms. The Balaban J connectivity index is 2.20. The van der Waals surface area contributed by atoms with Crippen molar-refractivity contribution >= 4 is 0 Å². The molecule has 0 aliphatic heterocycles. The Bertz CT molecular complexity index is 394. The molecule has 2 rings (SSSR count). The predicted octanol–water partition coefficient (Wildman–Crippen LogP) is 3.73. The second-order valence-corrected chi connectivity index (χ2v) is 4.02. The minimum atomic E-state index is 1.09. The molecule has 0 bridgehead atoms. The molecule has 1 aliphatic carbocycles. The molecule has 1 aliphatic rings. The summed E-state index contributed by atoms with van der Waals surface area (Å²) in [7, 11) is 0. The number of hydrogen-bond acceptors (Lipinski definition) is 0. The first-order valence-corrected chi connectivity index (χ1v) is 5.17. The van der Waals surface area contributed by atoms with Gasteiger partial charge in [0.15, 0.2) is 0 Å². The third-order valence-corrected chi connectivity index (χ3v) is 2.74. The van der Waals surface area contributed by atoms with Gasteiger partial charge in [0.05, 0.1) is 0 Å². The van der Waals surface area contributed by atoms with Gasteiger partial charge in [-0.05, 0) is 43.4 Å². The molecule has 0 heterocycles. The summed E-state index contributed by atoms with van der Waals surface area (Å²) in [5.74, 6) is 0. The zero-order chi connectivity index (χ0) is 9.97. The van der Waals surface area contributed by atoms with Crippen molar-refractivity contribution in [3.63, 3.8) is 0 Å². The zero-order valence-electron chi connectivity index (χ0n) is 8.88. The van der Waals surface area contributed by atoms with Crippen molar-refractivity contribution in [1.29, 1.82) is 0 Å². The molecule has 0 saturated heterocycles. The van der Waals surface area contributed by atoms with Crippen LogP contribution in [0.3, 0.4) is 0 Å². The molecule has 0 atom stereocenters. The molecule has 0 saturated carbocycles. The summed E-state index contributed by atoms with van der Waals surface area (Å²) < 4.78 is 0. The summed E-state index contributed by atoms with van der Waals surface area (Å²) in [6.45, 7) is 4.34. The highest BCUT2D eigenvalue weighted by Crippen LogP contribution is 2.18. The van der Waals surface area contributed by atoms with E-state index in [-0.39, 0.29) is 0 Å². The maximum atomic E-state index is 2.30. The topological polar surface area (TPSA) is 0 Å². The van der Waals surface area contributed by atoms with Gasteiger partial charge >= 0.3 is 0 Å². The normalized spacial score (nSPS) is 14.6. The van der Waals surface area contributed by atoms with E-state index in [1.807, 2.05) is 0 Å². The van der Waals surface area contributed by atoms with Gasteiger partial charge in [-0.1, -0.05) is 42.0 Å². The Labute approximate surface area is 86.0 Å². The third-order valence-electron chi connectivity index (χ3n) is 2.74. The van der Waals surface area contributed by atoms with Crippen LogP contribution in [-0.2, 0) is 6.42 Å². The molecule has 1 aromatic carbocycles. The average Bonchev–Trinajstić information content (AvgIpc) is 2.62. The smallest absolute Gasteiger partial charge is 0.00263 e. The van der Waals surface area contributed by atoms with Crippen LogP contribution in [0.2, 0.25) is 0 Å². The minimum absolute atomic E-state index is 1.09. The van der Waals surface area contributed by atoms with E-state index in [4.69, 9.17) is 0 Å². The van der Waals surface area contributed by atoms with Crippen LogP contribution in [0.4, 0.5) is 0 Å². The van der Waals surface area contributed by atoms with Gasteiger partial charge in [0.25, 0.3) is 0 Å². The van der Waals surface area contributed by atoms with E-state index in [1.54, 1.807) is 0 Å². The van der Waals surface area contributed by atoms with Crippen LogP contribution >= 0.6 is 0 Å². The van der Waals surface area contributed by atoms with Gasteiger partial charge in [-0.15, -0.1) is 0 Å². The Morgan fingerprint density at radius 1 is 1.21 bits per heavy atom. The predicted molar refractivity (Wildman–Crippen MR) is 61.5 cm³/mol. The lowest BCUT2D eigenvalue weighted by Gasteiger charge is -2.06. The highest BCUT2D eigenvalue weighted by atomic mass is 14.1. The maximum Gasteiger partial charge on any atom is -0.00263 e. The summed E-state index contributed by atoms with van der Waals surface area (Å²) in [5.41, 5.74) is 5.67. The highest BCUT2D eigenvalue weighted by Gasteiger charge is 2.02. The SMILES string of the molecule is Cc1ccc(CC2=CCC=C2)c(C)c1. The second-order valence-electron chi connectivity index (χ2n) is 4.02. The molecule has 0 N–H and O–H groups in total. The lowest BCUT2D eigenvalue weighted by atomic mass is 9.99. The Morgan fingerprint density at radius 3 is 2.71 bits per heavy atom. The molecule has 1 aromatic rings. The van der Waals surface area contributed by atoms with Gasteiger partial charge in [-0.2, -0.15) is 0 Å². The number of hydrogen-bond donors (Lipinski definition) is 0. The van der Waals surface area contributed by atoms with Gasteiger partial charge in [-0.25, -0.2) is 0 Å². The standard InChI is InChI=1S/C14H16/c1-11-7-8-14(12(2)9-11)10-13-5-3-4-6-13/h3,5-9H,4,10H2,1-2H3. The fraction of sp³-hybridized carbons (Fsp3) is 0.286. The van der Waals surface area contributed by atoms with E-state index in [1.165, 1.54) is 22.3 Å². The first-order valence-electron chi connectivity index (χ1n) is 5.17. The van der Waals surface area contributed by atoms with Gasteiger partial charge in [0.1, 0.15) is 0 Å². The summed E-state index contributed by atoms with van der Waals surface area (Å²) in [4.78, 5) is 0.